The first kappa shape index (κ1) is 11.9. The van der Waals surface area contributed by atoms with Crippen LogP contribution < -0.4 is 4.74 Å². The zero-order valence-electron chi connectivity index (χ0n) is 10.1. The van der Waals surface area contributed by atoms with Crippen molar-refractivity contribution in [3.8, 4) is 5.75 Å². The number of rotatable bonds is 3. The van der Waals surface area contributed by atoms with Crippen LogP contribution in [0.15, 0.2) is 43.0 Å². The first-order valence-electron chi connectivity index (χ1n) is 5.90. The molecule has 0 aliphatic heterocycles. The molecule has 0 spiro atoms. The van der Waals surface area contributed by atoms with E-state index < -0.39 is 5.60 Å². The van der Waals surface area contributed by atoms with E-state index in [0.29, 0.717) is 0 Å². The van der Waals surface area contributed by atoms with Crippen LogP contribution >= 0.6 is 0 Å². The molecule has 2 nitrogen and oxygen atoms in total. The molecule has 1 aromatic carbocycles. The number of aliphatic hydroxyl groups is 1. The van der Waals surface area contributed by atoms with Crippen LogP contribution in [0.3, 0.4) is 0 Å². The zero-order chi connectivity index (χ0) is 12.3. The van der Waals surface area contributed by atoms with Gasteiger partial charge in [-0.1, -0.05) is 30.9 Å². The third kappa shape index (κ3) is 2.27. The molecular weight excluding hydrogens is 212 g/mol. The second-order valence-electron chi connectivity index (χ2n) is 4.37. The summed E-state index contributed by atoms with van der Waals surface area (Å²) in [4.78, 5) is 0. The quantitative estimate of drug-likeness (QED) is 0.808. The molecule has 1 atom stereocenters. The number of hydrogen-bond acceptors (Lipinski definition) is 2. The first-order valence-corrected chi connectivity index (χ1v) is 5.90. The normalized spacial score (nSPS) is 24.0. The Hall–Kier alpha value is -1.54. The van der Waals surface area contributed by atoms with Gasteiger partial charge in [0.2, 0.25) is 0 Å². The van der Waals surface area contributed by atoms with Crippen molar-refractivity contribution in [3.63, 3.8) is 0 Å². The molecule has 1 N–H and O–H groups in total. The van der Waals surface area contributed by atoms with Crippen molar-refractivity contribution < 1.29 is 9.84 Å². The van der Waals surface area contributed by atoms with Gasteiger partial charge < -0.3 is 9.84 Å². The molecule has 1 aliphatic carbocycles. The van der Waals surface area contributed by atoms with E-state index >= 15 is 0 Å². The molecule has 0 bridgehead atoms. The van der Waals surface area contributed by atoms with Gasteiger partial charge in [-0.3, -0.25) is 0 Å². The SMILES string of the molecule is C=CC1(O)CCCC=C1c1cccc(OC)c1. The predicted molar refractivity (Wildman–Crippen MR) is 70.0 cm³/mol. The average molecular weight is 230 g/mol. The molecule has 0 fully saturated rings. The lowest BCUT2D eigenvalue weighted by Crippen LogP contribution is -2.29. The Morgan fingerprint density at radius 1 is 1.47 bits per heavy atom. The van der Waals surface area contributed by atoms with E-state index in [2.05, 4.69) is 12.7 Å². The molecule has 90 valence electrons. The number of hydrogen-bond donors (Lipinski definition) is 1. The lowest BCUT2D eigenvalue weighted by molar-refractivity contribution is 0.136. The Kier molecular flexibility index (Phi) is 3.34. The number of ether oxygens (including phenoxy) is 1. The fraction of sp³-hybridized carbons (Fsp3) is 0.333. The summed E-state index contributed by atoms with van der Waals surface area (Å²) in [6, 6.07) is 7.78. The molecule has 0 amide bonds. The van der Waals surface area contributed by atoms with Crippen molar-refractivity contribution in [1.82, 2.24) is 0 Å². The molecule has 1 aromatic rings. The van der Waals surface area contributed by atoms with Crippen LogP contribution in [0.1, 0.15) is 24.8 Å². The summed E-state index contributed by atoms with van der Waals surface area (Å²) in [5, 5.41) is 10.5. The number of allylic oxidation sites excluding steroid dienone is 1. The van der Waals surface area contributed by atoms with Crippen molar-refractivity contribution in [2.45, 2.75) is 24.9 Å². The predicted octanol–water partition coefficient (Wildman–Crippen LogP) is 3.18. The van der Waals surface area contributed by atoms with E-state index in [9.17, 15) is 5.11 Å². The Labute approximate surface area is 102 Å². The topological polar surface area (TPSA) is 29.5 Å². The fourth-order valence-corrected chi connectivity index (χ4v) is 2.30. The van der Waals surface area contributed by atoms with Crippen LogP contribution in [-0.2, 0) is 0 Å². The van der Waals surface area contributed by atoms with Crippen molar-refractivity contribution in [3.05, 3.63) is 48.6 Å². The first-order chi connectivity index (χ1) is 8.19. The van der Waals surface area contributed by atoms with Gasteiger partial charge in [0.05, 0.1) is 7.11 Å². The third-order valence-electron chi connectivity index (χ3n) is 3.30. The van der Waals surface area contributed by atoms with E-state index in [4.69, 9.17) is 4.74 Å². The highest BCUT2D eigenvalue weighted by Crippen LogP contribution is 2.37. The van der Waals surface area contributed by atoms with Crippen LogP contribution in [0, 0.1) is 0 Å². The van der Waals surface area contributed by atoms with Crippen molar-refractivity contribution in [2.24, 2.45) is 0 Å². The lowest BCUT2D eigenvalue weighted by Gasteiger charge is -2.31. The molecular formula is C15H18O2. The third-order valence-corrected chi connectivity index (χ3v) is 3.30. The minimum absolute atomic E-state index is 0.736. The molecule has 2 heteroatoms. The van der Waals surface area contributed by atoms with Gasteiger partial charge in [0, 0.05) is 0 Å². The second kappa shape index (κ2) is 4.76. The summed E-state index contributed by atoms with van der Waals surface area (Å²) in [7, 11) is 1.65. The van der Waals surface area contributed by atoms with Crippen molar-refractivity contribution in [2.75, 3.05) is 7.11 Å². The summed E-state index contributed by atoms with van der Waals surface area (Å²) in [5.41, 5.74) is 1.05. The fourth-order valence-electron chi connectivity index (χ4n) is 2.30. The highest BCUT2D eigenvalue weighted by atomic mass is 16.5. The van der Waals surface area contributed by atoms with E-state index in [0.717, 1.165) is 36.1 Å². The Balaban J connectivity index is 2.43. The zero-order valence-corrected chi connectivity index (χ0v) is 10.1. The molecule has 0 radical (unpaired) electrons. The van der Waals surface area contributed by atoms with Crippen LogP contribution in [0.25, 0.3) is 5.57 Å². The molecule has 1 unspecified atom stereocenters. The number of benzene rings is 1. The standard InChI is InChI=1S/C15H18O2/c1-3-15(16)10-5-4-9-14(15)12-7-6-8-13(11-12)17-2/h3,6-9,11,16H,1,4-5,10H2,2H3. The maximum atomic E-state index is 10.5. The molecule has 17 heavy (non-hydrogen) atoms. The Bertz CT molecular complexity index is 448. The van der Waals surface area contributed by atoms with E-state index in [1.807, 2.05) is 24.3 Å². The highest BCUT2D eigenvalue weighted by molar-refractivity contribution is 5.75. The molecule has 2 rings (SSSR count). The monoisotopic (exact) mass is 230 g/mol. The maximum absolute atomic E-state index is 10.5. The van der Waals surface area contributed by atoms with Crippen LogP contribution in [0.2, 0.25) is 0 Å². The van der Waals surface area contributed by atoms with Crippen molar-refractivity contribution >= 4 is 5.57 Å². The van der Waals surface area contributed by atoms with Gasteiger partial charge in [0.1, 0.15) is 11.4 Å². The van der Waals surface area contributed by atoms with Crippen molar-refractivity contribution in [1.29, 1.82) is 0 Å². The Morgan fingerprint density at radius 2 is 2.29 bits per heavy atom. The summed E-state index contributed by atoms with van der Waals surface area (Å²) in [6.45, 7) is 3.75. The summed E-state index contributed by atoms with van der Waals surface area (Å²) in [5.74, 6) is 0.806. The van der Waals surface area contributed by atoms with Gasteiger partial charge >= 0.3 is 0 Å². The van der Waals surface area contributed by atoms with Crippen LogP contribution in [0.5, 0.6) is 5.75 Å². The van der Waals surface area contributed by atoms with Gasteiger partial charge in [-0.05, 0) is 42.5 Å². The van der Waals surface area contributed by atoms with Crippen LogP contribution in [-0.4, -0.2) is 17.8 Å². The minimum Gasteiger partial charge on any atom is -0.497 e. The average Bonchev–Trinajstić information content (AvgIpc) is 2.39. The summed E-state index contributed by atoms with van der Waals surface area (Å²) < 4.78 is 5.21. The minimum atomic E-state index is -0.898. The second-order valence-corrected chi connectivity index (χ2v) is 4.37. The number of methoxy groups -OCH3 is 1. The molecule has 1 aliphatic rings. The van der Waals surface area contributed by atoms with E-state index in [1.54, 1.807) is 13.2 Å². The van der Waals surface area contributed by atoms with Gasteiger partial charge in [-0.15, -0.1) is 0 Å². The van der Waals surface area contributed by atoms with Gasteiger partial charge in [0.25, 0.3) is 0 Å². The highest BCUT2D eigenvalue weighted by Gasteiger charge is 2.30. The summed E-state index contributed by atoms with van der Waals surface area (Å²) >= 11 is 0. The molecule has 0 aromatic heterocycles. The van der Waals surface area contributed by atoms with Gasteiger partial charge in [-0.2, -0.15) is 0 Å². The molecule has 0 heterocycles. The van der Waals surface area contributed by atoms with E-state index in [1.165, 1.54) is 0 Å². The molecule has 0 saturated heterocycles. The maximum Gasteiger partial charge on any atom is 0.119 e. The van der Waals surface area contributed by atoms with Crippen LogP contribution in [0.4, 0.5) is 0 Å². The van der Waals surface area contributed by atoms with Gasteiger partial charge in [-0.25, -0.2) is 0 Å². The Morgan fingerprint density at radius 3 is 3.00 bits per heavy atom. The summed E-state index contributed by atoms with van der Waals surface area (Å²) in [6.07, 6.45) is 6.47. The lowest BCUT2D eigenvalue weighted by atomic mass is 9.80. The molecule has 0 saturated carbocycles. The van der Waals surface area contributed by atoms with E-state index in [-0.39, 0.29) is 0 Å². The van der Waals surface area contributed by atoms with Gasteiger partial charge in [0.15, 0.2) is 0 Å². The largest absolute Gasteiger partial charge is 0.497 e. The smallest absolute Gasteiger partial charge is 0.119 e.